The van der Waals surface area contributed by atoms with Crippen LogP contribution in [0.1, 0.15) is 22.5 Å². The Kier molecular flexibility index (Phi) is 5.25. The Balaban J connectivity index is 1.61. The molecule has 0 fully saturated rings. The van der Waals surface area contributed by atoms with Crippen molar-refractivity contribution in [1.29, 1.82) is 0 Å². The maximum Gasteiger partial charge on any atom is 0.254 e. The van der Waals surface area contributed by atoms with Gasteiger partial charge in [0.15, 0.2) is 5.82 Å². The number of carbonyl (C=O) groups excluding carboxylic acids is 1. The number of pyridine rings is 1. The first kappa shape index (κ1) is 14.2. The monoisotopic (exact) mass is 278 g/mol. The van der Waals surface area contributed by atoms with Crippen LogP contribution in [-0.4, -0.2) is 24.0 Å². The van der Waals surface area contributed by atoms with Gasteiger partial charge >= 0.3 is 0 Å². The van der Waals surface area contributed by atoms with Crippen LogP contribution in [0.2, 0.25) is 0 Å². The van der Waals surface area contributed by atoms with E-state index in [1.54, 1.807) is 12.3 Å². The van der Waals surface area contributed by atoms with Crippen LogP contribution in [0.5, 0.6) is 0 Å². The Morgan fingerprint density at radius 2 is 2.35 bits per heavy atom. The second-order valence-electron chi connectivity index (χ2n) is 4.10. The molecule has 0 unspecified atom stereocenters. The average Bonchev–Trinajstić information content (AvgIpc) is 2.96. The van der Waals surface area contributed by atoms with E-state index in [4.69, 9.17) is 9.15 Å². The molecule has 0 aromatic carbocycles. The molecule has 2 aromatic heterocycles. The summed E-state index contributed by atoms with van der Waals surface area (Å²) in [6, 6.07) is 4.97. The smallest absolute Gasteiger partial charge is 0.254 e. The minimum absolute atomic E-state index is 0.00324. The van der Waals surface area contributed by atoms with E-state index < -0.39 is 11.7 Å². The molecule has 106 valence electrons. The maximum atomic E-state index is 13.3. The van der Waals surface area contributed by atoms with Gasteiger partial charge in [0.05, 0.1) is 18.0 Å². The Morgan fingerprint density at radius 3 is 3.10 bits per heavy atom. The summed E-state index contributed by atoms with van der Waals surface area (Å²) in [6.07, 6.45) is 4.62. The molecule has 0 bridgehead atoms. The van der Waals surface area contributed by atoms with Gasteiger partial charge in [-0.3, -0.25) is 9.78 Å². The number of aromatic nitrogens is 1. The topological polar surface area (TPSA) is 64.4 Å². The number of halogens is 1. The number of nitrogens with zero attached hydrogens (tertiary/aromatic N) is 1. The first-order chi connectivity index (χ1) is 9.77. The molecule has 2 aromatic rings. The third-order valence-electron chi connectivity index (χ3n) is 2.59. The van der Waals surface area contributed by atoms with Gasteiger partial charge in [-0.2, -0.15) is 0 Å². The van der Waals surface area contributed by atoms with E-state index in [-0.39, 0.29) is 5.56 Å². The average molecular weight is 278 g/mol. The molecule has 0 aliphatic carbocycles. The van der Waals surface area contributed by atoms with Crippen molar-refractivity contribution in [2.45, 2.75) is 13.0 Å². The van der Waals surface area contributed by atoms with Gasteiger partial charge in [0.1, 0.15) is 12.4 Å². The summed E-state index contributed by atoms with van der Waals surface area (Å²) in [4.78, 5) is 15.2. The molecule has 0 spiro atoms. The summed E-state index contributed by atoms with van der Waals surface area (Å²) in [5.74, 6) is -0.317. The lowest BCUT2D eigenvalue weighted by Crippen LogP contribution is -2.26. The highest BCUT2D eigenvalue weighted by Crippen LogP contribution is 2.04. The highest BCUT2D eigenvalue weighted by molar-refractivity contribution is 5.94. The molecular formula is C14H15FN2O3. The van der Waals surface area contributed by atoms with Crippen molar-refractivity contribution in [2.75, 3.05) is 13.2 Å². The zero-order valence-corrected chi connectivity index (χ0v) is 10.8. The SMILES string of the molecule is O=C(NCCCOCc1ccco1)c1ccncc1F. The summed E-state index contributed by atoms with van der Waals surface area (Å²) in [5, 5.41) is 2.62. The molecule has 0 aliphatic heterocycles. The number of furan rings is 1. The van der Waals surface area contributed by atoms with Crippen LogP contribution < -0.4 is 5.32 Å². The summed E-state index contributed by atoms with van der Waals surface area (Å²) in [7, 11) is 0. The van der Waals surface area contributed by atoms with Crippen molar-refractivity contribution in [3.63, 3.8) is 0 Å². The van der Waals surface area contributed by atoms with E-state index in [1.165, 1.54) is 12.3 Å². The number of rotatable bonds is 7. The van der Waals surface area contributed by atoms with E-state index in [9.17, 15) is 9.18 Å². The fourth-order valence-electron chi connectivity index (χ4n) is 1.60. The van der Waals surface area contributed by atoms with Gasteiger partial charge in [-0.1, -0.05) is 0 Å². The van der Waals surface area contributed by atoms with Crippen molar-refractivity contribution >= 4 is 5.91 Å². The molecule has 0 saturated heterocycles. The van der Waals surface area contributed by atoms with E-state index in [0.29, 0.717) is 26.2 Å². The van der Waals surface area contributed by atoms with E-state index >= 15 is 0 Å². The third kappa shape index (κ3) is 4.17. The van der Waals surface area contributed by atoms with Crippen LogP contribution in [0.15, 0.2) is 41.3 Å². The van der Waals surface area contributed by atoms with E-state index in [1.807, 2.05) is 6.07 Å². The van der Waals surface area contributed by atoms with Crippen molar-refractivity contribution < 1.29 is 18.3 Å². The van der Waals surface area contributed by atoms with Gasteiger partial charge in [0, 0.05) is 19.3 Å². The number of hydrogen-bond acceptors (Lipinski definition) is 4. The Labute approximate surface area is 115 Å². The van der Waals surface area contributed by atoms with Crippen LogP contribution in [0.3, 0.4) is 0 Å². The lowest BCUT2D eigenvalue weighted by Gasteiger charge is -2.06. The molecule has 1 N–H and O–H groups in total. The first-order valence-corrected chi connectivity index (χ1v) is 6.25. The molecule has 0 aliphatic rings. The number of nitrogens with one attached hydrogen (secondary N) is 1. The number of amides is 1. The summed E-state index contributed by atoms with van der Waals surface area (Å²) < 4.78 is 23.7. The number of hydrogen-bond donors (Lipinski definition) is 1. The van der Waals surface area contributed by atoms with Crippen molar-refractivity contribution in [1.82, 2.24) is 10.3 Å². The second kappa shape index (κ2) is 7.40. The van der Waals surface area contributed by atoms with E-state index in [2.05, 4.69) is 10.3 Å². The Hall–Kier alpha value is -2.21. The minimum Gasteiger partial charge on any atom is -0.467 e. The van der Waals surface area contributed by atoms with Gasteiger partial charge in [0.2, 0.25) is 0 Å². The van der Waals surface area contributed by atoms with Crippen LogP contribution in [0.25, 0.3) is 0 Å². The zero-order chi connectivity index (χ0) is 14.2. The molecule has 0 radical (unpaired) electrons. The van der Waals surface area contributed by atoms with Gasteiger partial charge in [-0.15, -0.1) is 0 Å². The standard InChI is InChI=1S/C14H15FN2O3/c15-13-9-16-6-4-12(13)14(18)17-5-2-7-19-10-11-3-1-8-20-11/h1,3-4,6,8-9H,2,5,7,10H2,(H,17,18). The Morgan fingerprint density at radius 1 is 1.45 bits per heavy atom. The molecule has 1 amide bonds. The summed E-state index contributed by atoms with van der Waals surface area (Å²) in [5.41, 5.74) is -0.00324. The largest absolute Gasteiger partial charge is 0.467 e. The molecule has 5 nitrogen and oxygen atoms in total. The van der Waals surface area contributed by atoms with Gasteiger partial charge < -0.3 is 14.5 Å². The summed E-state index contributed by atoms with van der Waals surface area (Å²) >= 11 is 0. The van der Waals surface area contributed by atoms with Crippen LogP contribution in [0.4, 0.5) is 4.39 Å². The highest BCUT2D eigenvalue weighted by Gasteiger charge is 2.09. The molecular weight excluding hydrogens is 263 g/mol. The van der Waals surface area contributed by atoms with Crippen molar-refractivity contribution in [2.24, 2.45) is 0 Å². The lowest BCUT2D eigenvalue weighted by atomic mass is 10.2. The Bertz CT molecular complexity index is 543. The van der Waals surface area contributed by atoms with Crippen LogP contribution in [-0.2, 0) is 11.3 Å². The van der Waals surface area contributed by atoms with Crippen molar-refractivity contribution in [3.05, 3.63) is 54.0 Å². The van der Waals surface area contributed by atoms with Gasteiger partial charge in [-0.25, -0.2) is 4.39 Å². The molecule has 2 heterocycles. The molecule has 6 heteroatoms. The van der Waals surface area contributed by atoms with E-state index in [0.717, 1.165) is 12.0 Å². The highest BCUT2D eigenvalue weighted by atomic mass is 19.1. The zero-order valence-electron chi connectivity index (χ0n) is 10.8. The molecule has 20 heavy (non-hydrogen) atoms. The first-order valence-electron chi connectivity index (χ1n) is 6.25. The van der Waals surface area contributed by atoms with Crippen LogP contribution >= 0.6 is 0 Å². The van der Waals surface area contributed by atoms with Crippen LogP contribution in [0, 0.1) is 5.82 Å². The lowest BCUT2D eigenvalue weighted by molar-refractivity contribution is 0.0913. The fourth-order valence-corrected chi connectivity index (χ4v) is 1.60. The second-order valence-corrected chi connectivity index (χ2v) is 4.10. The predicted octanol–water partition coefficient (Wildman–Crippen LogP) is 2.15. The predicted molar refractivity (Wildman–Crippen MR) is 69.5 cm³/mol. The van der Waals surface area contributed by atoms with Gasteiger partial charge in [0.25, 0.3) is 5.91 Å². The minimum atomic E-state index is -0.626. The molecule has 0 saturated carbocycles. The fraction of sp³-hybridized carbons (Fsp3) is 0.286. The molecule has 0 atom stereocenters. The number of carbonyl (C=O) groups is 1. The normalized spacial score (nSPS) is 10.4. The number of ether oxygens (including phenoxy) is 1. The van der Waals surface area contributed by atoms with Gasteiger partial charge in [-0.05, 0) is 24.6 Å². The summed E-state index contributed by atoms with van der Waals surface area (Å²) in [6.45, 7) is 1.30. The maximum absolute atomic E-state index is 13.3. The quantitative estimate of drug-likeness (QED) is 0.788. The van der Waals surface area contributed by atoms with Crippen molar-refractivity contribution in [3.8, 4) is 0 Å². The third-order valence-corrected chi connectivity index (χ3v) is 2.59. The molecule has 2 rings (SSSR count).